The predicted octanol–water partition coefficient (Wildman–Crippen LogP) is 2.15. The van der Waals surface area contributed by atoms with Gasteiger partial charge in [-0.15, -0.1) is 0 Å². The Kier molecular flexibility index (Phi) is 5.11. The summed E-state index contributed by atoms with van der Waals surface area (Å²) in [5, 5.41) is 3.23. The molecule has 0 aromatic carbocycles. The lowest BCUT2D eigenvalue weighted by atomic mass is 10.1. The number of fused-ring (bicyclic) bond motifs is 1. The molecule has 1 amide bonds. The molecule has 1 fully saturated rings. The van der Waals surface area contributed by atoms with Crippen LogP contribution in [-0.2, 0) is 11.3 Å². The highest BCUT2D eigenvalue weighted by molar-refractivity contribution is 6.30. The van der Waals surface area contributed by atoms with E-state index in [1.54, 1.807) is 10.6 Å². The maximum atomic E-state index is 12.9. The molecule has 2 aromatic rings. The van der Waals surface area contributed by atoms with Gasteiger partial charge in [-0.25, -0.2) is 4.98 Å². The molecule has 0 bridgehead atoms. The van der Waals surface area contributed by atoms with Gasteiger partial charge in [-0.3, -0.25) is 18.9 Å². The highest BCUT2D eigenvalue weighted by Gasteiger charge is 2.25. The van der Waals surface area contributed by atoms with E-state index >= 15 is 0 Å². The van der Waals surface area contributed by atoms with Gasteiger partial charge < -0.3 is 5.32 Å². The second-order valence-electron chi connectivity index (χ2n) is 6.90. The molecule has 1 atom stereocenters. The molecule has 1 aliphatic rings. The van der Waals surface area contributed by atoms with Crippen LogP contribution in [0.4, 0.5) is 0 Å². The summed E-state index contributed by atoms with van der Waals surface area (Å²) in [5.41, 5.74) is 1.84. The first-order chi connectivity index (χ1) is 11.9. The van der Waals surface area contributed by atoms with Gasteiger partial charge in [-0.1, -0.05) is 17.7 Å². The van der Waals surface area contributed by atoms with E-state index in [0.29, 0.717) is 30.7 Å². The Morgan fingerprint density at radius 1 is 1.44 bits per heavy atom. The van der Waals surface area contributed by atoms with Crippen molar-refractivity contribution in [1.29, 1.82) is 0 Å². The summed E-state index contributed by atoms with van der Waals surface area (Å²) in [7, 11) is 0. The molecule has 0 unspecified atom stereocenters. The number of pyridine rings is 1. The quantitative estimate of drug-likeness (QED) is 0.827. The summed E-state index contributed by atoms with van der Waals surface area (Å²) in [5.74, 6) is 0.0923. The molecular formula is C18H23ClN4O2. The van der Waals surface area contributed by atoms with Crippen molar-refractivity contribution in [3.05, 3.63) is 45.0 Å². The Morgan fingerprint density at radius 3 is 2.84 bits per heavy atom. The second-order valence-corrected chi connectivity index (χ2v) is 7.26. The van der Waals surface area contributed by atoms with Crippen LogP contribution in [0.15, 0.2) is 23.1 Å². The Balaban J connectivity index is 1.92. The van der Waals surface area contributed by atoms with Crippen LogP contribution < -0.4 is 10.9 Å². The lowest BCUT2D eigenvalue weighted by molar-refractivity contribution is -0.119. The zero-order valence-corrected chi connectivity index (χ0v) is 15.5. The van der Waals surface area contributed by atoms with E-state index in [-0.39, 0.29) is 28.7 Å². The van der Waals surface area contributed by atoms with Gasteiger partial charge in [0, 0.05) is 37.8 Å². The smallest absolute Gasteiger partial charge is 0.263 e. The van der Waals surface area contributed by atoms with E-state index < -0.39 is 0 Å². The van der Waals surface area contributed by atoms with E-state index in [0.717, 1.165) is 12.0 Å². The van der Waals surface area contributed by atoms with Crippen molar-refractivity contribution in [3.63, 3.8) is 0 Å². The van der Waals surface area contributed by atoms with Gasteiger partial charge in [-0.05, 0) is 38.8 Å². The summed E-state index contributed by atoms with van der Waals surface area (Å²) in [6, 6.07) is 4.07. The number of carbonyl (C=O) groups excluding carboxylic acids is 1. The fraction of sp³-hybridized carbons (Fsp3) is 0.500. The maximum absolute atomic E-state index is 12.9. The van der Waals surface area contributed by atoms with Crippen LogP contribution in [0, 0.1) is 6.92 Å². The van der Waals surface area contributed by atoms with Gasteiger partial charge >= 0.3 is 0 Å². The van der Waals surface area contributed by atoms with E-state index in [2.05, 4.69) is 29.0 Å². The normalized spacial score (nSPS) is 17.7. The number of nitrogens with one attached hydrogen (secondary N) is 1. The van der Waals surface area contributed by atoms with Crippen molar-refractivity contribution >= 4 is 23.2 Å². The lowest BCUT2D eigenvalue weighted by Gasteiger charge is -2.29. The molecule has 0 spiro atoms. The monoisotopic (exact) mass is 362 g/mol. The van der Waals surface area contributed by atoms with Crippen molar-refractivity contribution in [2.45, 2.75) is 52.2 Å². The average Bonchev–Trinajstić information content (AvgIpc) is 2.96. The highest BCUT2D eigenvalue weighted by atomic mass is 35.5. The third-order valence-electron chi connectivity index (χ3n) is 4.72. The molecule has 1 saturated heterocycles. The molecular weight excluding hydrogens is 340 g/mol. The van der Waals surface area contributed by atoms with Crippen LogP contribution >= 0.6 is 11.6 Å². The molecule has 0 saturated carbocycles. The summed E-state index contributed by atoms with van der Waals surface area (Å²) in [4.78, 5) is 30.9. The Hall–Kier alpha value is -1.92. The average molecular weight is 363 g/mol. The van der Waals surface area contributed by atoms with Crippen LogP contribution in [0.5, 0.6) is 0 Å². The SMILES string of the molecule is Cc1cccn2c(=O)c(CN(C[C@@H]3CCC(=O)N3)C(C)C)c(Cl)nc12. The minimum atomic E-state index is -0.139. The molecule has 6 nitrogen and oxygen atoms in total. The molecule has 1 aliphatic heterocycles. The third-order valence-corrected chi connectivity index (χ3v) is 5.04. The van der Waals surface area contributed by atoms with Crippen LogP contribution in [0.1, 0.15) is 37.8 Å². The number of halogens is 1. The molecule has 134 valence electrons. The molecule has 0 aliphatic carbocycles. The van der Waals surface area contributed by atoms with E-state index in [1.165, 1.54) is 0 Å². The number of amides is 1. The second kappa shape index (κ2) is 7.14. The van der Waals surface area contributed by atoms with E-state index in [1.807, 2.05) is 19.1 Å². The Labute approximate surface area is 151 Å². The van der Waals surface area contributed by atoms with E-state index in [9.17, 15) is 9.59 Å². The zero-order chi connectivity index (χ0) is 18.1. The standard InChI is InChI=1S/C18H23ClN4O2/c1-11(2)22(9-13-6-7-15(24)20-13)10-14-16(19)21-17-12(3)5-4-8-23(17)18(14)25/h4-5,8,11,13H,6-7,9-10H2,1-3H3,(H,20,24)/t13-/m0/s1. The van der Waals surface area contributed by atoms with Gasteiger partial charge in [-0.2, -0.15) is 0 Å². The summed E-state index contributed by atoms with van der Waals surface area (Å²) in [6.07, 6.45) is 3.11. The maximum Gasteiger partial charge on any atom is 0.263 e. The summed E-state index contributed by atoms with van der Waals surface area (Å²) in [6.45, 7) is 7.14. The first kappa shape index (κ1) is 17.9. The van der Waals surface area contributed by atoms with Crippen molar-refractivity contribution < 1.29 is 4.79 Å². The van der Waals surface area contributed by atoms with Crippen molar-refractivity contribution in [2.24, 2.45) is 0 Å². The van der Waals surface area contributed by atoms with Gasteiger partial charge in [0.15, 0.2) is 0 Å². The molecule has 7 heteroatoms. The minimum absolute atomic E-state index is 0.0923. The van der Waals surface area contributed by atoms with Crippen LogP contribution in [0.3, 0.4) is 0 Å². The number of aryl methyl sites for hydroxylation is 1. The van der Waals surface area contributed by atoms with Crippen LogP contribution in [0.25, 0.3) is 5.65 Å². The lowest BCUT2D eigenvalue weighted by Crippen LogP contribution is -2.42. The number of hydrogen-bond acceptors (Lipinski definition) is 4. The fourth-order valence-electron chi connectivity index (χ4n) is 3.20. The zero-order valence-electron chi connectivity index (χ0n) is 14.8. The molecule has 3 heterocycles. The highest BCUT2D eigenvalue weighted by Crippen LogP contribution is 2.18. The van der Waals surface area contributed by atoms with Gasteiger partial charge in [0.1, 0.15) is 10.8 Å². The number of hydrogen-bond donors (Lipinski definition) is 1. The summed E-state index contributed by atoms with van der Waals surface area (Å²) >= 11 is 6.35. The fourth-order valence-corrected chi connectivity index (χ4v) is 3.42. The first-order valence-electron chi connectivity index (χ1n) is 8.56. The predicted molar refractivity (Wildman–Crippen MR) is 97.9 cm³/mol. The molecule has 2 aromatic heterocycles. The molecule has 3 rings (SSSR count). The molecule has 0 radical (unpaired) electrons. The van der Waals surface area contributed by atoms with Crippen molar-refractivity contribution in [3.8, 4) is 0 Å². The van der Waals surface area contributed by atoms with Crippen LogP contribution in [0.2, 0.25) is 5.15 Å². The number of rotatable bonds is 5. The van der Waals surface area contributed by atoms with E-state index in [4.69, 9.17) is 11.6 Å². The first-order valence-corrected chi connectivity index (χ1v) is 8.94. The summed E-state index contributed by atoms with van der Waals surface area (Å²) < 4.78 is 1.55. The Morgan fingerprint density at radius 2 is 2.20 bits per heavy atom. The van der Waals surface area contributed by atoms with Crippen molar-refractivity contribution in [2.75, 3.05) is 6.54 Å². The largest absolute Gasteiger partial charge is 0.352 e. The number of nitrogens with zero attached hydrogens (tertiary/aromatic N) is 3. The van der Waals surface area contributed by atoms with Crippen LogP contribution in [-0.4, -0.2) is 38.8 Å². The van der Waals surface area contributed by atoms with Gasteiger partial charge in [0.05, 0.1) is 5.56 Å². The number of aromatic nitrogens is 2. The molecule has 25 heavy (non-hydrogen) atoms. The molecule has 1 N–H and O–H groups in total. The van der Waals surface area contributed by atoms with Gasteiger partial charge in [0.2, 0.25) is 5.91 Å². The number of carbonyl (C=O) groups is 1. The topological polar surface area (TPSA) is 66.7 Å². The van der Waals surface area contributed by atoms with Gasteiger partial charge in [0.25, 0.3) is 5.56 Å². The Bertz CT molecular complexity index is 862. The third kappa shape index (κ3) is 3.70. The van der Waals surface area contributed by atoms with Crippen molar-refractivity contribution in [1.82, 2.24) is 19.6 Å². The minimum Gasteiger partial charge on any atom is -0.352 e.